The Morgan fingerprint density at radius 2 is 1.31 bits per heavy atom. The number of Topliss-reactive ketones (excluding diaryl/α,β-unsaturated/α-hetero) is 1. The van der Waals surface area contributed by atoms with E-state index in [0.29, 0.717) is 6.42 Å². The van der Waals surface area contributed by atoms with Crippen molar-refractivity contribution in [2.45, 2.75) is 12.3 Å². The van der Waals surface area contributed by atoms with Gasteiger partial charge >= 0.3 is 0 Å². The molecule has 0 heterocycles. The molecule has 3 rings (SSSR count). The summed E-state index contributed by atoms with van der Waals surface area (Å²) in [6, 6.07) is 29.9. The minimum atomic E-state index is 0.0596. The lowest BCUT2D eigenvalue weighted by Gasteiger charge is -2.12. The first kappa shape index (κ1) is 17.6. The van der Waals surface area contributed by atoms with Crippen LogP contribution in [-0.4, -0.2) is 5.78 Å². The molecular formula is C25H22O. The Bertz CT molecular complexity index is 862. The van der Waals surface area contributed by atoms with E-state index >= 15 is 0 Å². The average Bonchev–Trinajstić information content (AvgIpc) is 2.72. The fourth-order valence-electron chi connectivity index (χ4n) is 2.87. The summed E-state index contributed by atoms with van der Waals surface area (Å²) in [5.74, 6) is 0.223. The van der Waals surface area contributed by atoms with Crippen LogP contribution in [0, 0.1) is 0 Å². The summed E-state index contributed by atoms with van der Waals surface area (Å²) in [5.41, 5.74) is 3.08. The maximum Gasteiger partial charge on any atom is 0.163 e. The van der Waals surface area contributed by atoms with Gasteiger partial charge in [0.1, 0.15) is 0 Å². The van der Waals surface area contributed by atoms with Gasteiger partial charge in [0, 0.05) is 17.9 Å². The zero-order valence-corrected chi connectivity index (χ0v) is 14.7. The van der Waals surface area contributed by atoms with Crippen molar-refractivity contribution in [3.8, 4) is 0 Å². The number of benzene rings is 3. The zero-order valence-electron chi connectivity index (χ0n) is 14.7. The first-order valence-corrected chi connectivity index (χ1v) is 8.86. The van der Waals surface area contributed by atoms with Crippen LogP contribution >= 0.6 is 0 Å². The molecule has 0 saturated carbocycles. The molecule has 0 aliphatic heterocycles. The lowest BCUT2D eigenvalue weighted by Crippen LogP contribution is -2.06. The van der Waals surface area contributed by atoms with Crippen LogP contribution in [0.5, 0.6) is 0 Å². The Morgan fingerprint density at radius 3 is 1.96 bits per heavy atom. The number of hydrogen-bond donors (Lipinski definition) is 0. The quantitative estimate of drug-likeness (QED) is 0.364. The van der Waals surface area contributed by atoms with Crippen LogP contribution in [0.25, 0.3) is 6.08 Å². The minimum absolute atomic E-state index is 0.0596. The molecule has 3 aromatic carbocycles. The number of carbonyl (C=O) groups is 1. The van der Waals surface area contributed by atoms with E-state index in [1.807, 2.05) is 78.9 Å². The molecule has 0 bridgehead atoms. The number of allylic oxidation sites excluding steroid dienone is 3. The lowest BCUT2D eigenvalue weighted by atomic mass is 9.91. The SMILES string of the molecule is O=C(CC(/C=C/C=C/c1ccccc1)c1ccccc1)c1ccccc1. The third-order valence-corrected chi connectivity index (χ3v) is 4.27. The van der Waals surface area contributed by atoms with Gasteiger partial charge in [0.25, 0.3) is 0 Å². The molecule has 26 heavy (non-hydrogen) atoms. The Balaban J connectivity index is 1.75. The van der Waals surface area contributed by atoms with Crippen molar-refractivity contribution >= 4 is 11.9 Å². The van der Waals surface area contributed by atoms with Gasteiger partial charge in [0.15, 0.2) is 5.78 Å². The Kier molecular flexibility index (Phi) is 6.33. The standard InChI is InChI=1S/C25H22O/c26-25(23-17-8-3-9-18-23)20-24(22-15-6-2-7-16-22)19-11-10-14-21-12-4-1-5-13-21/h1-19,24H,20H2/b14-10+,19-11+. The summed E-state index contributed by atoms with van der Waals surface area (Å²) in [5, 5.41) is 0. The van der Waals surface area contributed by atoms with E-state index in [0.717, 1.165) is 16.7 Å². The number of rotatable bonds is 7. The first-order chi connectivity index (χ1) is 12.8. The second-order valence-corrected chi connectivity index (χ2v) is 6.17. The van der Waals surface area contributed by atoms with E-state index in [1.165, 1.54) is 0 Å². The first-order valence-electron chi connectivity index (χ1n) is 8.86. The van der Waals surface area contributed by atoms with Crippen LogP contribution in [0.1, 0.15) is 33.8 Å². The fourth-order valence-corrected chi connectivity index (χ4v) is 2.87. The van der Waals surface area contributed by atoms with Crippen molar-refractivity contribution in [2.24, 2.45) is 0 Å². The molecule has 1 unspecified atom stereocenters. The topological polar surface area (TPSA) is 17.1 Å². The molecule has 0 spiro atoms. The molecule has 0 fully saturated rings. The van der Waals surface area contributed by atoms with Gasteiger partial charge in [-0.15, -0.1) is 0 Å². The third-order valence-electron chi connectivity index (χ3n) is 4.27. The predicted molar refractivity (Wildman–Crippen MR) is 109 cm³/mol. The van der Waals surface area contributed by atoms with Crippen molar-refractivity contribution in [3.63, 3.8) is 0 Å². The van der Waals surface area contributed by atoms with Gasteiger partial charge in [-0.3, -0.25) is 4.79 Å². The second kappa shape index (κ2) is 9.33. The van der Waals surface area contributed by atoms with Crippen LogP contribution in [-0.2, 0) is 0 Å². The van der Waals surface area contributed by atoms with Gasteiger partial charge < -0.3 is 0 Å². The highest BCUT2D eigenvalue weighted by Gasteiger charge is 2.14. The minimum Gasteiger partial charge on any atom is -0.294 e. The highest BCUT2D eigenvalue weighted by molar-refractivity contribution is 5.96. The van der Waals surface area contributed by atoms with Crippen molar-refractivity contribution in [1.29, 1.82) is 0 Å². The van der Waals surface area contributed by atoms with Gasteiger partial charge in [-0.05, 0) is 11.1 Å². The van der Waals surface area contributed by atoms with Crippen LogP contribution in [0.4, 0.5) is 0 Å². The Labute approximate surface area is 155 Å². The van der Waals surface area contributed by atoms with Crippen molar-refractivity contribution < 1.29 is 4.79 Å². The normalized spacial score (nSPS) is 12.5. The third kappa shape index (κ3) is 5.15. The molecule has 0 N–H and O–H groups in total. The number of hydrogen-bond acceptors (Lipinski definition) is 1. The van der Waals surface area contributed by atoms with Gasteiger partial charge in [0.2, 0.25) is 0 Å². The van der Waals surface area contributed by atoms with E-state index in [-0.39, 0.29) is 11.7 Å². The van der Waals surface area contributed by atoms with E-state index in [1.54, 1.807) is 0 Å². The Morgan fingerprint density at radius 1 is 0.731 bits per heavy atom. The summed E-state index contributed by atoms with van der Waals surface area (Å²) in [4.78, 5) is 12.6. The summed E-state index contributed by atoms with van der Waals surface area (Å²) >= 11 is 0. The maximum atomic E-state index is 12.6. The largest absolute Gasteiger partial charge is 0.294 e. The molecule has 1 nitrogen and oxygen atoms in total. The number of ketones is 1. The second-order valence-electron chi connectivity index (χ2n) is 6.17. The smallest absolute Gasteiger partial charge is 0.163 e. The maximum absolute atomic E-state index is 12.6. The number of carbonyl (C=O) groups excluding carboxylic acids is 1. The Hall–Kier alpha value is -3.19. The van der Waals surface area contributed by atoms with Crippen LogP contribution in [0.3, 0.4) is 0 Å². The average molecular weight is 338 g/mol. The molecule has 0 aliphatic carbocycles. The van der Waals surface area contributed by atoms with Gasteiger partial charge in [-0.2, -0.15) is 0 Å². The zero-order chi connectivity index (χ0) is 18.0. The lowest BCUT2D eigenvalue weighted by molar-refractivity contribution is 0.0978. The van der Waals surface area contributed by atoms with Crippen molar-refractivity contribution in [2.75, 3.05) is 0 Å². The molecule has 0 radical (unpaired) electrons. The predicted octanol–water partition coefficient (Wildman–Crippen LogP) is 6.31. The molecule has 1 heteroatoms. The highest BCUT2D eigenvalue weighted by Crippen LogP contribution is 2.23. The molecule has 0 saturated heterocycles. The van der Waals surface area contributed by atoms with E-state index in [9.17, 15) is 4.79 Å². The molecule has 0 aliphatic rings. The molecule has 0 aromatic heterocycles. The van der Waals surface area contributed by atoms with E-state index in [2.05, 4.69) is 36.4 Å². The molecule has 128 valence electrons. The van der Waals surface area contributed by atoms with E-state index in [4.69, 9.17) is 0 Å². The van der Waals surface area contributed by atoms with Gasteiger partial charge in [0.05, 0.1) is 0 Å². The highest BCUT2D eigenvalue weighted by atomic mass is 16.1. The van der Waals surface area contributed by atoms with Gasteiger partial charge in [-0.25, -0.2) is 0 Å². The summed E-state index contributed by atoms with van der Waals surface area (Å²) in [6.45, 7) is 0. The van der Waals surface area contributed by atoms with Crippen LogP contribution in [0.2, 0.25) is 0 Å². The van der Waals surface area contributed by atoms with Crippen molar-refractivity contribution in [1.82, 2.24) is 0 Å². The molecule has 1 atom stereocenters. The van der Waals surface area contributed by atoms with Gasteiger partial charge in [-0.1, -0.05) is 115 Å². The van der Waals surface area contributed by atoms with Crippen LogP contribution < -0.4 is 0 Å². The summed E-state index contributed by atoms with van der Waals surface area (Å²) < 4.78 is 0. The molecular weight excluding hydrogens is 316 g/mol. The summed E-state index contributed by atoms with van der Waals surface area (Å²) in [6.07, 6.45) is 8.69. The summed E-state index contributed by atoms with van der Waals surface area (Å²) in [7, 11) is 0. The fraction of sp³-hybridized carbons (Fsp3) is 0.0800. The van der Waals surface area contributed by atoms with Crippen LogP contribution in [0.15, 0.2) is 109 Å². The van der Waals surface area contributed by atoms with E-state index < -0.39 is 0 Å². The monoisotopic (exact) mass is 338 g/mol. The molecule has 0 amide bonds. The molecule has 3 aromatic rings. The van der Waals surface area contributed by atoms with Crippen molar-refractivity contribution in [3.05, 3.63) is 126 Å².